The lowest BCUT2D eigenvalue weighted by Crippen LogP contribution is -2.37. The number of hydrogen-bond acceptors (Lipinski definition) is 6. The highest BCUT2D eigenvalue weighted by Gasteiger charge is 2.39. The zero-order valence-corrected chi connectivity index (χ0v) is 21.9. The zero-order valence-electron chi connectivity index (χ0n) is 21.9. The summed E-state index contributed by atoms with van der Waals surface area (Å²) in [6.45, 7) is 14.8. The van der Waals surface area contributed by atoms with Crippen molar-refractivity contribution in [2.24, 2.45) is 10.8 Å². The third-order valence-electron chi connectivity index (χ3n) is 6.26. The van der Waals surface area contributed by atoms with Gasteiger partial charge in [-0.15, -0.1) is 0 Å². The van der Waals surface area contributed by atoms with E-state index in [4.69, 9.17) is 9.47 Å². The van der Waals surface area contributed by atoms with Crippen LogP contribution in [-0.4, -0.2) is 59.7 Å². The molecule has 34 heavy (non-hydrogen) atoms. The Morgan fingerprint density at radius 2 is 1.03 bits per heavy atom. The number of phenolic OH excluding ortho intramolecular Hbond substituents is 2. The molecule has 2 fully saturated rings. The first-order valence-electron chi connectivity index (χ1n) is 12.0. The van der Waals surface area contributed by atoms with Crippen molar-refractivity contribution in [1.29, 1.82) is 0 Å². The van der Waals surface area contributed by atoms with Crippen LogP contribution in [0.2, 0.25) is 0 Å². The van der Waals surface area contributed by atoms with E-state index in [2.05, 4.69) is 65.4 Å². The molecule has 0 spiro atoms. The number of rotatable bonds is 2. The second kappa shape index (κ2) is 10.2. The molecule has 2 saturated heterocycles. The van der Waals surface area contributed by atoms with Crippen LogP contribution in [0.4, 0.5) is 0 Å². The second-order valence-electron chi connectivity index (χ2n) is 11.8. The summed E-state index contributed by atoms with van der Waals surface area (Å²) in [6, 6.07) is 14.7. The highest BCUT2D eigenvalue weighted by atomic mass is 16.5. The molecule has 0 aliphatic carbocycles. The number of benzene rings is 2. The molecule has 0 unspecified atom stereocenters. The standard InChI is InChI=1S/2C14H21NO2/c2*1-14(2,3)13-15(4)9-12(17-13)10-6-5-7-11(16)8-10/h2*5-8,12-13,16H,9H2,1-4H3/t12-,13+;12-,13-/m00/s1. The minimum absolute atomic E-state index is 0.0522. The Morgan fingerprint density at radius 3 is 1.29 bits per heavy atom. The predicted molar refractivity (Wildman–Crippen MR) is 136 cm³/mol. The van der Waals surface area contributed by atoms with Gasteiger partial charge in [0.2, 0.25) is 0 Å². The average Bonchev–Trinajstić information content (AvgIpc) is 3.31. The normalized spacial score (nSPS) is 26.4. The Balaban J connectivity index is 0.000000191. The molecule has 0 saturated carbocycles. The number of likely N-dealkylation sites (N-methyl/N-ethyl adjacent to an activating group) is 2. The minimum Gasteiger partial charge on any atom is -0.508 e. The van der Waals surface area contributed by atoms with Gasteiger partial charge in [-0.2, -0.15) is 0 Å². The quantitative estimate of drug-likeness (QED) is 0.601. The molecule has 2 heterocycles. The van der Waals surface area contributed by atoms with Gasteiger partial charge < -0.3 is 19.7 Å². The maximum atomic E-state index is 9.50. The molecular formula is C28H42N2O4. The number of aromatic hydroxyl groups is 2. The van der Waals surface area contributed by atoms with Crippen LogP contribution < -0.4 is 0 Å². The molecule has 0 amide bonds. The lowest BCUT2D eigenvalue weighted by atomic mass is 9.94. The minimum atomic E-state index is 0.0522. The van der Waals surface area contributed by atoms with Crippen molar-refractivity contribution in [2.45, 2.75) is 66.2 Å². The monoisotopic (exact) mass is 470 g/mol. The van der Waals surface area contributed by atoms with Crippen LogP contribution in [0.3, 0.4) is 0 Å². The largest absolute Gasteiger partial charge is 0.508 e. The Morgan fingerprint density at radius 1 is 0.676 bits per heavy atom. The highest BCUT2D eigenvalue weighted by Crippen LogP contribution is 2.38. The van der Waals surface area contributed by atoms with Crippen LogP contribution in [0, 0.1) is 10.8 Å². The van der Waals surface area contributed by atoms with Crippen LogP contribution in [0.15, 0.2) is 48.5 Å². The van der Waals surface area contributed by atoms with Crippen molar-refractivity contribution in [3.8, 4) is 11.5 Å². The Hall–Kier alpha value is -2.12. The van der Waals surface area contributed by atoms with Crippen molar-refractivity contribution in [1.82, 2.24) is 9.80 Å². The van der Waals surface area contributed by atoms with E-state index in [0.717, 1.165) is 24.2 Å². The van der Waals surface area contributed by atoms with E-state index in [1.165, 1.54) is 0 Å². The van der Waals surface area contributed by atoms with Crippen LogP contribution >= 0.6 is 0 Å². The summed E-state index contributed by atoms with van der Waals surface area (Å²) in [7, 11) is 4.16. The summed E-state index contributed by atoms with van der Waals surface area (Å²) in [6.07, 6.45) is 0.345. The van der Waals surface area contributed by atoms with Gasteiger partial charge in [0.05, 0.1) is 12.2 Å². The summed E-state index contributed by atoms with van der Waals surface area (Å²) in [5.74, 6) is 0.598. The lowest BCUT2D eigenvalue weighted by Gasteiger charge is -2.31. The van der Waals surface area contributed by atoms with Gasteiger partial charge in [-0.1, -0.05) is 65.8 Å². The van der Waals surface area contributed by atoms with Gasteiger partial charge in [0.15, 0.2) is 0 Å². The zero-order chi connectivity index (χ0) is 25.3. The molecular weight excluding hydrogens is 428 g/mol. The third kappa shape index (κ3) is 6.51. The summed E-state index contributed by atoms with van der Waals surface area (Å²) in [5, 5.41) is 19.0. The Bertz CT molecular complexity index is 872. The van der Waals surface area contributed by atoms with E-state index >= 15 is 0 Å². The SMILES string of the molecule is CN1C[C@@H](c2cccc(O)c2)O[C@@H]1C(C)(C)C.CN1C[C@@H](c2cccc(O)c2)O[C@H]1C(C)(C)C. The fraction of sp³-hybridized carbons (Fsp3) is 0.571. The first-order valence-corrected chi connectivity index (χ1v) is 12.0. The molecule has 6 nitrogen and oxygen atoms in total. The topological polar surface area (TPSA) is 65.4 Å². The molecule has 2 aromatic carbocycles. The molecule has 4 rings (SSSR count). The molecule has 0 aromatic heterocycles. The van der Waals surface area contributed by atoms with Gasteiger partial charge in [0.25, 0.3) is 0 Å². The summed E-state index contributed by atoms with van der Waals surface area (Å²) in [5.41, 5.74) is 2.29. The van der Waals surface area contributed by atoms with Gasteiger partial charge >= 0.3 is 0 Å². The van der Waals surface area contributed by atoms with Crippen LogP contribution in [0.5, 0.6) is 11.5 Å². The van der Waals surface area contributed by atoms with Crippen molar-refractivity contribution in [2.75, 3.05) is 27.2 Å². The maximum absolute atomic E-state index is 9.50. The molecule has 2 aliphatic rings. The smallest absolute Gasteiger partial charge is 0.116 e. The molecule has 2 aliphatic heterocycles. The number of phenols is 2. The van der Waals surface area contributed by atoms with Gasteiger partial charge in [0, 0.05) is 23.9 Å². The second-order valence-corrected chi connectivity index (χ2v) is 11.8. The summed E-state index contributed by atoms with van der Waals surface area (Å²) < 4.78 is 12.2. The number of ether oxygens (including phenoxy) is 2. The third-order valence-corrected chi connectivity index (χ3v) is 6.26. The van der Waals surface area contributed by atoms with Gasteiger partial charge in [-0.05, 0) is 49.5 Å². The fourth-order valence-electron chi connectivity index (χ4n) is 4.87. The Labute approximate surface area is 205 Å². The van der Waals surface area contributed by atoms with E-state index in [-0.39, 0.29) is 35.5 Å². The summed E-state index contributed by atoms with van der Waals surface area (Å²) in [4.78, 5) is 4.46. The van der Waals surface area contributed by atoms with Crippen LogP contribution in [-0.2, 0) is 9.47 Å². The van der Waals surface area contributed by atoms with E-state index in [1.807, 2.05) is 24.3 Å². The molecule has 6 heteroatoms. The van der Waals surface area contributed by atoms with Crippen molar-refractivity contribution >= 4 is 0 Å². The van der Waals surface area contributed by atoms with Gasteiger partial charge in [-0.25, -0.2) is 0 Å². The van der Waals surface area contributed by atoms with Crippen LogP contribution in [0.1, 0.15) is 64.9 Å². The fourth-order valence-corrected chi connectivity index (χ4v) is 4.87. The molecule has 0 radical (unpaired) electrons. The van der Waals surface area contributed by atoms with Gasteiger partial charge in [0.1, 0.15) is 24.0 Å². The Kier molecular flexibility index (Phi) is 7.98. The van der Waals surface area contributed by atoms with Crippen LogP contribution in [0.25, 0.3) is 0 Å². The van der Waals surface area contributed by atoms with E-state index in [0.29, 0.717) is 11.5 Å². The summed E-state index contributed by atoms with van der Waals surface area (Å²) >= 11 is 0. The molecule has 4 atom stereocenters. The lowest BCUT2D eigenvalue weighted by molar-refractivity contribution is -0.0620. The molecule has 188 valence electrons. The molecule has 0 bridgehead atoms. The number of nitrogens with zero attached hydrogens (tertiary/aromatic N) is 2. The first kappa shape index (κ1) is 26.5. The first-order chi connectivity index (χ1) is 15.8. The number of hydrogen-bond donors (Lipinski definition) is 2. The molecule has 2 aromatic rings. The maximum Gasteiger partial charge on any atom is 0.116 e. The van der Waals surface area contributed by atoms with Gasteiger partial charge in [-0.3, -0.25) is 9.80 Å². The van der Waals surface area contributed by atoms with Crippen molar-refractivity contribution in [3.63, 3.8) is 0 Å². The predicted octanol–water partition coefficient (Wildman–Crippen LogP) is 5.54. The van der Waals surface area contributed by atoms with E-state index < -0.39 is 0 Å². The van der Waals surface area contributed by atoms with Crippen molar-refractivity contribution < 1.29 is 19.7 Å². The highest BCUT2D eigenvalue weighted by molar-refractivity contribution is 5.30. The average molecular weight is 471 g/mol. The van der Waals surface area contributed by atoms with Crippen molar-refractivity contribution in [3.05, 3.63) is 59.7 Å². The van der Waals surface area contributed by atoms with E-state index in [9.17, 15) is 10.2 Å². The van der Waals surface area contributed by atoms with E-state index in [1.54, 1.807) is 24.3 Å². The molecule has 2 N–H and O–H groups in total.